The van der Waals surface area contributed by atoms with Crippen LogP contribution in [0.2, 0.25) is 0 Å². The molecule has 12 nitrogen and oxygen atoms in total. The van der Waals surface area contributed by atoms with Crippen LogP contribution in [0.5, 0.6) is 0 Å². The topological polar surface area (TPSA) is 153 Å². The van der Waals surface area contributed by atoms with E-state index in [0.29, 0.717) is 26.2 Å². The molecule has 102 heavy (non-hydrogen) atoms. The van der Waals surface area contributed by atoms with Crippen LogP contribution in [0.15, 0.2) is 55.6 Å². The molecule has 0 bridgehead atoms. The number of carbonyl (C=O) groups excluding carboxylic acids is 4. The third-order valence-corrected chi connectivity index (χ3v) is 25.6. The largest absolute Gasteiger partial charge is 0.275 e. The van der Waals surface area contributed by atoms with Gasteiger partial charge in [0.25, 0.3) is 45.9 Å². The number of unbranched alkanes of at least 4 members (excludes halogenated alkanes) is 36. The Balaban J connectivity index is 0.842. The van der Waals surface area contributed by atoms with Crippen LogP contribution >= 0.6 is 0 Å². The van der Waals surface area contributed by atoms with Gasteiger partial charge in [-0.15, -0.1) is 0 Å². The van der Waals surface area contributed by atoms with Crippen molar-refractivity contribution in [2.24, 2.45) is 47.3 Å². The maximum atomic E-state index is 13.9. The van der Waals surface area contributed by atoms with Crippen LogP contribution in [0, 0.1) is 47.3 Å². The minimum absolute atomic E-state index is 0.169. The first-order valence-electron chi connectivity index (χ1n) is 43.9. The number of amides is 4. The molecule has 2 aromatic heterocycles. The summed E-state index contributed by atoms with van der Waals surface area (Å²) in [5, 5.41) is 1.02. The van der Waals surface area contributed by atoms with Gasteiger partial charge in [0.05, 0.1) is 21.5 Å². The van der Waals surface area contributed by atoms with Crippen LogP contribution < -0.4 is 22.2 Å². The van der Waals surface area contributed by atoms with Gasteiger partial charge in [0.2, 0.25) is 0 Å². The number of aromatic nitrogens is 2. The molecule has 0 N–H and O–H groups in total. The van der Waals surface area contributed by atoms with Gasteiger partial charge in [-0.3, -0.25) is 57.3 Å². The van der Waals surface area contributed by atoms with E-state index in [1.807, 2.05) is 0 Å². The Labute approximate surface area is 618 Å². The van der Waals surface area contributed by atoms with E-state index < -0.39 is 0 Å². The molecule has 0 radical (unpaired) electrons. The smallest absolute Gasteiger partial charge is 0.261 e. The van der Waals surface area contributed by atoms with Crippen molar-refractivity contribution in [2.75, 3.05) is 13.1 Å². The molecular weight excluding hydrogens is 1270 g/mol. The van der Waals surface area contributed by atoms with Gasteiger partial charge in [-0.05, 0) is 137 Å². The standard InChI is InChI=1S/C90H146N4O8/c1-5-9-13-17-29-41-53-75-71(49-37-15-11-7-3)58-60-74(77(75)55-43-31-21-25-34-46-66-92-85(97)63-64-86(92)98)52-40-28-20-24-35-47-67-93-87(99)79-69-81-82(70-80(79)88(93)100)90(102)94(89(81)101)68-48-36-26-22-32-44-56-78-73(51-39-27-19-23-33-45-65-91-83(95)61-62-84(91)96)59-57-72(50-38-16-12-8-4)76(78)54-42-30-18-14-10-6-2/h61-64,69-78H,5-60,65-68H2,1-4H3. The summed E-state index contributed by atoms with van der Waals surface area (Å²) in [5.41, 5.74) is -1.38. The molecule has 8 unspecified atom stereocenters. The molecule has 2 saturated carbocycles. The molecule has 0 saturated heterocycles. The molecule has 4 aliphatic rings. The van der Waals surface area contributed by atoms with E-state index in [1.165, 1.54) is 325 Å². The Morgan fingerprint density at radius 1 is 0.235 bits per heavy atom. The summed E-state index contributed by atoms with van der Waals surface area (Å²) in [7, 11) is 0. The second kappa shape index (κ2) is 49.2. The Kier molecular flexibility index (Phi) is 40.8. The number of nitrogens with zero attached hydrogens (tertiary/aromatic N) is 4. The normalized spacial score (nSPS) is 20.9. The van der Waals surface area contributed by atoms with Crippen molar-refractivity contribution in [1.82, 2.24) is 18.9 Å². The van der Waals surface area contributed by atoms with E-state index in [-0.39, 0.29) is 67.4 Å². The summed E-state index contributed by atoms with van der Waals surface area (Å²) in [4.78, 5) is 106. The van der Waals surface area contributed by atoms with Crippen molar-refractivity contribution in [2.45, 2.75) is 400 Å². The van der Waals surface area contributed by atoms with Gasteiger partial charge in [-0.2, -0.15) is 0 Å². The molecule has 0 spiro atoms. The molecule has 8 atom stereocenters. The molecule has 574 valence electrons. The number of hydrogen-bond donors (Lipinski definition) is 0. The summed E-state index contributed by atoms with van der Waals surface area (Å²) in [6.07, 6.45) is 75.9. The highest BCUT2D eigenvalue weighted by atomic mass is 16.2. The number of hydrogen-bond acceptors (Lipinski definition) is 8. The molecule has 2 aliphatic heterocycles. The highest BCUT2D eigenvalue weighted by Gasteiger charge is 2.40. The van der Waals surface area contributed by atoms with Crippen molar-refractivity contribution in [3.63, 3.8) is 0 Å². The van der Waals surface area contributed by atoms with Crippen molar-refractivity contribution in [3.8, 4) is 0 Å². The van der Waals surface area contributed by atoms with Gasteiger partial charge in [0.15, 0.2) is 0 Å². The Bertz CT molecular complexity index is 3050. The van der Waals surface area contributed by atoms with E-state index in [0.717, 1.165) is 137 Å². The molecule has 12 heteroatoms. The van der Waals surface area contributed by atoms with Gasteiger partial charge in [0.1, 0.15) is 0 Å². The highest BCUT2D eigenvalue weighted by molar-refractivity contribution is 6.13. The molecule has 2 aliphatic carbocycles. The van der Waals surface area contributed by atoms with E-state index in [2.05, 4.69) is 27.7 Å². The predicted octanol–water partition coefficient (Wildman–Crippen LogP) is 22.6. The second-order valence-electron chi connectivity index (χ2n) is 33.1. The molecule has 3 aromatic rings. The van der Waals surface area contributed by atoms with E-state index in [1.54, 1.807) is 0 Å². The van der Waals surface area contributed by atoms with E-state index >= 15 is 0 Å². The lowest BCUT2D eigenvalue weighted by Gasteiger charge is -2.44. The molecule has 4 amide bonds. The Morgan fingerprint density at radius 2 is 0.422 bits per heavy atom. The molecule has 2 fully saturated rings. The third kappa shape index (κ3) is 27.6. The van der Waals surface area contributed by atoms with Crippen LogP contribution in [0.1, 0.15) is 387 Å². The first kappa shape index (κ1) is 84.5. The maximum absolute atomic E-state index is 13.9. The van der Waals surface area contributed by atoms with E-state index in [9.17, 15) is 38.4 Å². The predicted molar refractivity (Wildman–Crippen MR) is 426 cm³/mol. The third-order valence-electron chi connectivity index (χ3n) is 25.6. The summed E-state index contributed by atoms with van der Waals surface area (Å²) >= 11 is 0. The van der Waals surface area contributed by atoms with Crippen molar-refractivity contribution < 1.29 is 19.2 Å². The van der Waals surface area contributed by atoms with Crippen LogP contribution in [0.25, 0.3) is 21.5 Å². The zero-order valence-electron chi connectivity index (χ0n) is 65.6. The average Bonchev–Trinajstić information content (AvgIpc) is 1.59. The van der Waals surface area contributed by atoms with Gasteiger partial charge in [-0.1, -0.05) is 310 Å². The zero-order valence-corrected chi connectivity index (χ0v) is 65.6. The lowest BCUT2D eigenvalue weighted by molar-refractivity contribution is -0.138. The van der Waals surface area contributed by atoms with Crippen LogP contribution in [-0.4, -0.2) is 55.7 Å². The Hall–Kier alpha value is -4.74. The Morgan fingerprint density at radius 3 is 0.657 bits per heavy atom. The first-order chi connectivity index (χ1) is 49.9. The quantitative estimate of drug-likeness (QED) is 0.0400. The highest BCUT2D eigenvalue weighted by Crippen LogP contribution is 2.50. The average molecular weight is 1410 g/mol. The number of imide groups is 2. The van der Waals surface area contributed by atoms with Gasteiger partial charge in [0, 0.05) is 50.5 Å². The number of carbonyl (C=O) groups is 4. The molecular formula is C90H146N4O8. The number of rotatable bonds is 60. The lowest BCUT2D eigenvalue weighted by atomic mass is 9.61. The fraction of sp³-hybridized carbons (Fsp3) is 0.800. The number of benzene rings is 1. The van der Waals surface area contributed by atoms with Crippen molar-refractivity contribution >= 4 is 45.2 Å². The fourth-order valence-corrected chi connectivity index (χ4v) is 19.6. The first-order valence-corrected chi connectivity index (χ1v) is 43.9. The van der Waals surface area contributed by atoms with Gasteiger partial charge in [-0.25, -0.2) is 0 Å². The zero-order chi connectivity index (χ0) is 72.5. The molecule has 1 aromatic carbocycles. The van der Waals surface area contributed by atoms with Gasteiger partial charge < -0.3 is 0 Å². The summed E-state index contributed by atoms with van der Waals surface area (Å²) in [6, 6.07) is 3.08. The van der Waals surface area contributed by atoms with E-state index in [4.69, 9.17) is 0 Å². The van der Waals surface area contributed by atoms with Crippen molar-refractivity contribution in [3.05, 3.63) is 77.9 Å². The summed E-state index contributed by atoms with van der Waals surface area (Å²) < 4.78 is 2.70. The molecule has 7 rings (SSSR count). The monoisotopic (exact) mass is 1410 g/mol. The van der Waals surface area contributed by atoms with Crippen molar-refractivity contribution in [1.29, 1.82) is 0 Å². The molecule has 4 heterocycles. The SMILES string of the molecule is CCCCCCCCC1C(CCCCCC)CCC(CCCCCCCCn2c(=O)c3cc4c(=O)n(CCCCCCCCC5C(CCCCCCCCN6C(=O)C=CC6=O)CCC(CCCCCC)C5CCCCCCCC)c(=O)c4cc3c2=O)C1CCCCCCCCN1C(=O)C=CC1=O. The lowest BCUT2D eigenvalue weighted by Crippen LogP contribution is -2.35. The second-order valence-corrected chi connectivity index (χ2v) is 33.1. The summed E-state index contributed by atoms with van der Waals surface area (Å²) in [5.74, 6) is 6.02. The van der Waals surface area contributed by atoms with Crippen LogP contribution in [-0.2, 0) is 32.3 Å². The van der Waals surface area contributed by atoms with Gasteiger partial charge >= 0.3 is 0 Å². The minimum atomic E-state index is -0.346. The van der Waals surface area contributed by atoms with Crippen LogP contribution in [0.4, 0.5) is 0 Å². The number of fused-ring (bicyclic) bond motifs is 2. The van der Waals surface area contributed by atoms with Crippen LogP contribution in [0.3, 0.4) is 0 Å². The fourth-order valence-electron chi connectivity index (χ4n) is 19.6. The maximum Gasteiger partial charge on any atom is 0.261 e. The summed E-state index contributed by atoms with van der Waals surface area (Å²) in [6.45, 7) is 11.0. The minimum Gasteiger partial charge on any atom is -0.275 e.